The van der Waals surface area contributed by atoms with Gasteiger partial charge in [-0.2, -0.15) is 0 Å². The van der Waals surface area contributed by atoms with Crippen molar-refractivity contribution in [1.29, 1.82) is 0 Å². The molecule has 0 radical (unpaired) electrons. The van der Waals surface area contributed by atoms with Crippen LogP contribution in [0, 0.1) is 5.82 Å². The number of fused-ring (bicyclic) bond motifs is 1. The van der Waals surface area contributed by atoms with Crippen LogP contribution in [0.3, 0.4) is 0 Å². The fraction of sp³-hybridized carbons (Fsp3) is 0.316. The fourth-order valence-electron chi connectivity index (χ4n) is 3.24. The molecule has 2 aromatic rings. The summed E-state index contributed by atoms with van der Waals surface area (Å²) in [6.45, 7) is 0.314. The first kappa shape index (κ1) is 18.4. The number of aryl methyl sites for hydroxylation is 1. The summed E-state index contributed by atoms with van der Waals surface area (Å²) in [5.74, 6) is -0.493. The highest BCUT2D eigenvalue weighted by atomic mass is 32.2. The molecule has 0 fully saturated rings. The number of sulfonamides is 1. The number of anilines is 1. The number of benzene rings is 2. The van der Waals surface area contributed by atoms with Crippen molar-refractivity contribution in [3.05, 3.63) is 65.5 Å². The molecule has 7 heteroatoms. The molecule has 1 N–H and O–H groups in total. The van der Waals surface area contributed by atoms with E-state index >= 15 is 0 Å². The molecule has 1 unspecified atom stereocenters. The normalized spacial score (nSPS) is 16.8. The number of nitrogens with one attached hydrogen (secondary N) is 1. The highest BCUT2D eigenvalue weighted by Crippen LogP contribution is 2.35. The molecule has 1 aliphatic rings. The van der Waals surface area contributed by atoms with Gasteiger partial charge in [-0.1, -0.05) is 36.4 Å². The Balaban J connectivity index is 1.70. The average Bonchev–Trinajstić information content (AvgIpc) is 2.60. The van der Waals surface area contributed by atoms with Crippen molar-refractivity contribution in [2.45, 2.75) is 25.3 Å². The fourth-order valence-corrected chi connectivity index (χ4v) is 4.20. The molecule has 0 aromatic heterocycles. The quantitative estimate of drug-likeness (QED) is 0.873. The Labute approximate surface area is 152 Å². The number of amides is 1. The van der Waals surface area contributed by atoms with E-state index in [2.05, 4.69) is 5.32 Å². The lowest BCUT2D eigenvalue weighted by molar-refractivity contribution is -0.121. The van der Waals surface area contributed by atoms with E-state index in [0.29, 0.717) is 30.6 Å². The summed E-state index contributed by atoms with van der Waals surface area (Å²) in [6, 6.07) is 13.3. The zero-order chi connectivity index (χ0) is 18.7. The molecule has 0 saturated carbocycles. The summed E-state index contributed by atoms with van der Waals surface area (Å²) >= 11 is 0. The zero-order valence-corrected chi connectivity index (χ0v) is 15.3. The Bertz CT molecular complexity index is 915. The second-order valence-corrected chi connectivity index (χ2v) is 8.30. The van der Waals surface area contributed by atoms with Crippen molar-refractivity contribution in [1.82, 2.24) is 5.32 Å². The molecular weight excluding hydrogens is 355 g/mol. The van der Waals surface area contributed by atoms with Crippen molar-refractivity contribution < 1.29 is 17.6 Å². The number of carbonyl (C=O) groups is 1. The standard InChI is InChI=1S/C19H21FN2O3S/c1-26(24,25)22-13-12-17(15-7-3-5-9-18(15)22)21-19(23)11-10-14-6-2-4-8-16(14)20/h2-9,17H,10-13H2,1H3,(H,21,23). The van der Waals surface area contributed by atoms with Gasteiger partial charge in [-0.3, -0.25) is 9.10 Å². The highest BCUT2D eigenvalue weighted by Gasteiger charge is 2.30. The van der Waals surface area contributed by atoms with E-state index in [9.17, 15) is 17.6 Å². The van der Waals surface area contributed by atoms with Crippen LogP contribution in [0.4, 0.5) is 10.1 Å². The lowest BCUT2D eigenvalue weighted by Crippen LogP contribution is -2.40. The minimum atomic E-state index is -3.36. The van der Waals surface area contributed by atoms with Gasteiger partial charge in [0, 0.05) is 13.0 Å². The molecule has 1 heterocycles. The SMILES string of the molecule is CS(=O)(=O)N1CCC(NC(=O)CCc2ccccc2F)c2ccccc21. The number of nitrogens with zero attached hydrogens (tertiary/aromatic N) is 1. The predicted molar refractivity (Wildman–Crippen MR) is 98.9 cm³/mol. The number of rotatable bonds is 5. The van der Waals surface area contributed by atoms with E-state index in [1.165, 1.54) is 16.6 Å². The van der Waals surface area contributed by atoms with E-state index in [0.717, 1.165) is 5.56 Å². The summed E-state index contributed by atoms with van der Waals surface area (Å²) < 4.78 is 39.0. The van der Waals surface area contributed by atoms with Crippen LogP contribution in [-0.4, -0.2) is 27.1 Å². The summed E-state index contributed by atoms with van der Waals surface area (Å²) in [5.41, 5.74) is 1.89. The van der Waals surface area contributed by atoms with Crippen molar-refractivity contribution in [3.8, 4) is 0 Å². The first-order chi connectivity index (χ1) is 12.4. The Morgan fingerprint density at radius 1 is 1.19 bits per heavy atom. The van der Waals surface area contributed by atoms with Gasteiger partial charge in [0.15, 0.2) is 0 Å². The molecule has 5 nitrogen and oxygen atoms in total. The molecule has 0 aliphatic carbocycles. The van der Waals surface area contributed by atoms with Crippen molar-refractivity contribution >= 4 is 21.6 Å². The number of hydrogen-bond acceptors (Lipinski definition) is 3. The van der Waals surface area contributed by atoms with Gasteiger partial charge in [-0.15, -0.1) is 0 Å². The second-order valence-electron chi connectivity index (χ2n) is 6.39. The van der Waals surface area contributed by atoms with E-state index in [1.54, 1.807) is 30.3 Å². The minimum absolute atomic E-state index is 0.176. The lowest BCUT2D eigenvalue weighted by Gasteiger charge is -2.34. The smallest absolute Gasteiger partial charge is 0.232 e. The van der Waals surface area contributed by atoms with E-state index < -0.39 is 10.0 Å². The Hall–Kier alpha value is -2.41. The predicted octanol–water partition coefficient (Wildman–Crippen LogP) is 2.79. The van der Waals surface area contributed by atoms with Crippen LogP contribution in [0.2, 0.25) is 0 Å². The Morgan fingerprint density at radius 3 is 2.62 bits per heavy atom. The molecule has 0 bridgehead atoms. The zero-order valence-electron chi connectivity index (χ0n) is 14.5. The van der Waals surface area contributed by atoms with Crippen molar-refractivity contribution in [2.75, 3.05) is 17.1 Å². The van der Waals surface area contributed by atoms with Crippen LogP contribution >= 0.6 is 0 Å². The molecule has 1 aliphatic heterocycles. The van der Waals surface area contributed by atoms with Crippen LogP contribution in [0.25, 0.3) is 0 Å². The summed E-state index contributed by atoms with van der Waals surface area (Å²) in [4.78, 5) is 12.3. The van der Waals surface area contributed by atoms with Crippen molar-refractivity contribution in [2.24, 2.45) is 0 Å². The van der Waals surface area contributed by atoms with Crippen LogP contribution in [0.15, 0.2) is 48.5 Å². The van der Waals surface area contributed by atoms with Gasteiger partial charge < -0.3 is 5.32 Å². The van der Waals surface area contributed by atoms with Gasteiger partial charge in [-0.05, 0) is 36.1 Å². The maximum absolute atomic E-state index is 13.7. The lowest BCUT2D eigenvalue weighted by atomic mass is 9.97. The van der Waals surface area contributed by atoms with Gasteiger partial charge in [0.1, 0.15) is 5.82 Å². The molecule has 0 saturated heterocycles. The molecule has 1 amide bonds. The van der Waals surface area contributed by atoms with E-state index in [1.807, 2.05) is 12.1 Å². The molecule has 1 atom stereocenters. The third-order valence-corrected chi connectivity index (χ3v) is 5.70. The van der Waals surface area contributed by atoms with Gasteiger partial charge in [0.05, 0.1) is 18.0 Å². The van der Waals surface area contributed by atoms with Gasteiger partial charge >= 0.3 is 0 Å². The summed E-state index contributed by atoms with van der Waals surface area (Å²) in [5, 5.41) is 2.95. The van der Waals surface area contributed by atoms with Crippen LogP contribution in [0.1, 0.15) is 30.0 Å². The first-order valence-corrected chi connectivity index (χ1v) is 10.3. The topological polar surface area (TPSA) is 66.5 Å². The number of para-hydroxylation sites is 1. The number of carbonyl (C=O) groups excluding carboxylic acids is 1. The minimum Gasteiger partial charge on any atom is -0.349 e. The Morgan fingerprint density at radius 2 is 1.88 bits per heavy atom. The average molecular weight is 376 g/mol. The number of halogens is 1. The third kappa shape index (κ3) is 4.04. The van der Waals surface area contributed by atoms with Gasteiger partial charge in [0.25, 0.3) is 0 Å². The molecule has 26 heavy (non-hydrogen) atoms. The number of hydrogen-bond donors (Lipinski definition) is 1. The Kier molecular flexibility index (Phi) is 5.27. The molecule has 2 aromatic carbocycles. The van der Waals surface area contributed by atoms with Crippen molar-refractivity contribution in [3.63, 3.8) is 0 Å². The van der Waals surface area contributed by atoms with Gasteiger partial charge in [0.2, 0.25) is 15.9 Å². The molecule has 3 rings (SSSR count). The largest absolute Gasteiger partial charge is 0.349 e. The summed E-state index contributed by atoms with van der Waals surface area (Å²) in [6.07, 6.45) is 2.17. The molecule has 138 valence electrons. The first-order valence-electron chi connectivity index (χ1n) is 8.45. The molecular formula is C19H21FN2O3S. The maximum Gasteiger partial charge on any atom is 0.232 e. The third-order valence-electron chi connectivity index (χ3n) is 4.52. The van der Waals surface area contributed by atoms with E-state index in [4.69, 9.17) is 0 Å². The van der Waals surface area contributed by atoms with Crippen LogP contribution < -0.4 is 9.62 Å². The maximum atomic E-state index is 13.7. The van der Waals surface area contributed by atoms with Gasteiger partial charge in [-0.25, -0.2) is 12.8 Å². The van der Waals surface area contributed by atoms with E-state index in [-0.39, 0.29) is 24.2 Å². The molecule has 0 spiro atoms. The monoisotopic (exact) mass is 376 g/mol. The van der Waals surface area contributed by atoms with Crippen LogP contribution in [0.5, 0.6) is 0 Å². The summed E-state index contributed by atoms with van der Waals surface area (Å²) in [7, 11) is -3.36. The van der Waals surface area contributed by atoms with Crippen LogP contribution in [-0.2, 0) is 21.2 Å². The second kappa shape index (κ2) is 7.45. The highest BCUT2D eigenvalue weighted by molar-refractivity contribution is 7.92.